The molecule has 3 nitrogen and oxygen atoms in total. The predicted molar refractivity (Wildman–Crippen MR) is 40.9 cm³/mol. The summed E-state index contributed by atoms with van der Waals surface area (Å²) >= 11 is 0. The minimum absolute atomic E-state index is 0.229. The molecule has 1 aliphatic heterocycles. The Balaban J connectivity index is 2.18. The maximum atomic E-state index is 5.55. The molecule has 1 saturated heterocycles. The van der Waals surface area contributed by atoms with E-state index in [4.69, 9.17) is 4.74 Å². The molecule has 0 aromatic carbocycles. The van der Waals surface area contributed by atoms with E-state index in [1.54, 1.807) is 0 Å². The fraction of sp³-hybridized carbons (Fsp3) is 1.00. The normalized spacial score (nSPS) is 34.2. The summed E-state index contributed by atoms with van der Waals surface area (Å²) in [5.74, 6) is 0. The zero-order chi connectivity index (χ0) is 7.40. The Morgan fingerprint density at radius 2 is 2.50 bits per heavy atom. The van der Waals surface area contributed by atoms with Crippen LogP contribution in [0.5, 0.6) is 0 Å². The maximum Gasteiger partial charge on any atom is 0.105 e. The maximum absolute atomic E-state index is 5.55. The molecule has 0 amide bonds. The third kappa shape index (κ3) is 2.25. The van der Waals surface area contributed by atoms with Gasteiger partial charge in [-0.25, -0.2) is 0 Å². The molecule has 3 heteroatoms. The molecule has 2 atom stereocenters. The van der Waals surface area contributed by atoms with Gasteiger partial charge in [-0.05, 0) is 26.9 Å². The minimum atomic E-state index is 0.229. The summed E-state index contributed by atoms with van der Waals surface area (Å²) in [5, 5.41) is 6.33. The van der Waals surface area contributed by atoms with Crippen molar-refractivity contribution < 1.29 is 4.74 Å². The molecule has 1 heterocycles. The van der Waals surface area contributed by atoms with Crippen LogP contribution in [-0.2, 0) is 4.74 Å². The van der Waals surface area contributed by atoms with E-state index in [0.717, 1.165) is 19.5 Å². The molecule has 2 unspecified atom stereocenters. The van der Waals surface area contributed by atoms with Crippen molar-refractivity contribution in [3.63, 3.8) is 0 Å². The van der Waals surface area contributed by atoms with Gasteiger partial charge >= 0.3 is 0 Å². The first-order valence-corrected chi connectivity index (χ1v) is 3.86. The van der Waals surface area contributed by atoms with Crippen LogP contribution in [0.15, 0.2) is 0 Å². The van der Waals surface area contributed by atoms with Crippen molar-refractivity contribution in [2.45, 2.75) is 25.7 Å². The van der Waals surface area contributed by atoms with Gasteiger partial charge in [0, 0.05) is 6.54 Å². The average molecular weight is 144 g/mol. The van der Waals surface area contributed by atoms with Crippen LogP contribution in [0.4, 0.5) is 0 Å². The van der Waals surface area contributed by atoms with Gasteiger partial charge in [-0.1, -0.05) is 0 Å². The topological polar surface area (TPSA) is 33.3 Å². The summed E-state index contributed by atoms with van der Waals surface area (Å²) < 4.78 is 5.55. The predicted octanol–water partition coefficient (Wildman–Crippen LogP) is -0.0697. The van der Waals surface area contributed by atoms with Crippen LogP contribution >= 0.6 is 0 Å². The van der Waals surface area contributed by atoms with Gasteiger partial charge in [0.05, 0.1) is 6.10 Å². The molecule has 0 radical (unpaired) electrons. The lowest BCUT2D eigenvalue weighted by Crippen LogP contribution is -2.44. The molecule has 10 heavy (non-hydrogen) atoms. The lowest BCUT2D eigenvalue weighted by Gasteiger charge is -2.28. The molecule has 1 aliphatic rings. The monoisotopic (exact) mass is 144 g/mol. The highest BCUT2D eigenvalue weighted by atomic mass is 16.5. The number of nitrogens with one attached hydrogen (secondary N) is 2. The molecule has 0 aromatic heterocycles. The molecule has 0 aliphatic carbocycles. The van der Waals surface area contributed by atoms with E-state index in [9.17, 15) is 0 Å². The first-order chi connectivity index (χ1) is 4.83. The fourth-order valence-electron chi connectivity index (χ4n) is 1.23. The SMILES string of the molecule is CNCC1CCNC(C)O1. The zero-order valence-electron chi connectivity index (χ0n) is 6.68. The number of hydrogen-bond acceptors (Lipinski definition) is 3. The molecule has 2 N–H and O–H groups in total. The number of likely N-dealkylation sites (N-methyl/N-ethyl adjacent to an activating group) is 1. The van der Waals surface area contributed by atoms with Crippen molar-refractivity contribution in [1.82, 2.24) is 10.6 Å². The van der Waals surface area contributed by atoms with Crippen LogP contribution < -0.4 is 10.6 Å². The van der Waals surface area contributed by atoms with Crippen LogP contribution in [0.25, 0.3) is 0 Å². The molecule has 1 fully saturated rings. The molecule has 60 valence electrons. The van der Waals surface area contributed by atoms with Crippen molar-refractivity contribution in [3.8, 4) is 0 Å². The highest BCUT2D eigenvalue weighted by Crippen LogP contribution is 2.05. The van der Waals surface area contributed by atoms with E-state index >= 15 is 0 Å². The van der Waals surface area contributed by atoms with Gasteiger partial charge < -0.3 is 10.1 Å². The quantitative estimate of drug-likeness (QED) is 0.569. The summed E-state index contributed by atoms with van der Waals surface area (Å²) in [7, 11) is 1.95. The summed E-state index contributed by atoms with van der Waals surface area (Å²) in [5.41, 5.74) is 0. The van der Waals surface area contributed by atoms with Gasteiger partial charge in [0.1, 0.15) is 6.23 Å². The van der Waals surface area contributed by atoms with E-state index in [1.807, 2.05) is 14.0 Å². The standard InChI is InChI=1S/C7H16N2O/c1-6-9-4-3-7(10-6)5-8-2/h6-9H,3-5H2,1-2H3. The molecule has 1 rings (SSSR count). The first kappa shape index (κ1) is 7.98. The summed E-state index contributed by atoms with van der Waals surface area (Å²) in [6.45, 7) is 4.08. The van der Waals surface area contributed by atoms with E-state index in [1.165, 1.54) is 0 Å². The van der Waals surface area contributed by atoms with Crippen molar-refractivity contribution >= 4 is 0 Å². The fourth-order valence-corrected chi connectivity index (χ4v) is 1.23. The molecular weight excluding hydrogens is 128 g/mol. The van der Waals surface area contributed by atoms with Crippen LogP contribution in [0.2, 0.25) is 0 Å². The Hall–Kier alpha value is -0.120. The molecule has 0 spiro atoms. The summed E-state index contributed by atoms with van der Waals surface area (Å²) in [6, 6.07) is 0. The van der Waals surface area contributed by atoms with Gasteiger partial charge in [-0.15, -0.1) is 0 Å². The molecule has 0 saturated carbocycles. The Labute approximate surface area is 62.1 Å². The van der Waals surface area contributed by atoms with Crippen LogP contribution in [-0.4, -0.2) is 32.5 Å². The van der Waals surface area contributed by atoms with Gasteiger partial charge in [-0.2, -0.15) is 0 Å². The van der Waals surface area contributed by atoms with Crippen LogP contribution in [0.3, 0.4) is 0 Å². The third-order valence-corrected chi connectivity index (χ3v) is 1.73. The molecule has 0 aromatic rings. The Morgan fingerprint density at radius 1 is 1.70 bits per heavy atom. The van der Waals surface area contributed by atoms with E-state index in [2.05, 4.69) is 10.6 Å². The molecular formula is C7H16N2O. The molecule has 0 bridgehead atoms. The summed E-state index contributed by atoms with van der Waals surface area (Å²) in [6.07, 6.45) is 1.75. The first-order valence-electron chi connectivity index (χ1n) is 3.86. The highest BCUT2D eigenvalue weighted by molar-refractivity contribution is 4.68. The Bertz CT molecular complexity index is 95.6. The number of rotatable bonds is 2. The van der Waals surface area contributed by atoms with Crippen molar-refractivity contribution in [3.05, 3.63) is 0 Å². The smallest absolute Gasteiger partial charge is 0.105 e. The summed E-state index contributed by atoms with van der Waals surface area (Å²) in [4.78, 5) is 0. The van der Waals surface area contributed by atoms with Gasteiger partial charge in [-0.3, -0.25) is 5.32 Å². The van der Waals surface area contributed by atoms with Crippen LogP contribution in [0.1, 0.15) is 13.3 Å². The lowest BCUT2D eigenvalue weighted by molar-refractivity contribution is -0.0485. The largest absolute Gasteiger partial charge is 0.359 e. The Kier molecular flexibility index (Phi) is 3.12. The second-order valence-corrected chi connectivity index (χ2v) is 2.70. The number of hydrogen-bond donors (Lipinski definition) is 2. The van der Waals surface area contributed by atoms with E-state index < -0.39 is 0 Å². The zero-order valence-corrected chi connectivity index (χ0v) is 6.68. The minimum Gasteiger partial charge on any atom is -0.359 e. The number of ether oxygens (including phenoxy) is 1. The van der Waals surface area contributed by atoms with Gasteiger partial charge in [0.25, 0.3) is 0 Å². The van der Waals surface area contributed by atoms with E-state index in [-0.39, 0.29) is 6.23 Å². The third-order valence-electron chi connectivity index (χ3n) is 1.73. The highest BCUT2D eigenvalue weighted by Gasteiger charge is 2.16. The van der Waals surface area contributed by atoms with E-state index in [0.29, 0.717) is 6.10 Å². The second-order valence-electron chi connectivity index (χ2n) is 2.70. The lowest BCUT2D eigenvalue weighted by atomic mass is 10.2. The van der Waals surface area contributed by atoms with Crippen LogP contribution in [0, 0.1) is 0 Å². The average Bonchev–Trinajstić information content (AvgIpc) is 1.88. The van der Waals surface area contributed by atoms with Crippen molar-refractivity contribution in [2.24, 2.45) is 0 Å². The van der Waals surface area contributed by atoms with Gasteiger partial charge in [0.15, 0.2) is 0 Å². The Morgan fingerprint density at radius 3 is 3.10 bits per heavy atom. The van der Waals surface area contributed by atoms with Gasteiger partial charge in [0.2, 0.25) is 0 Å². The van der Waals surface area contributed by atoms with Crippen molar-refractivity contribution in [2.75, 3.05) is 20.1 Å². The van der Waals surface area contributed by atoms with Crippen molar-refractivity contribution in [1.29, 1.82) is 0 Å². The second kappa shape index (κ2) is 3.91.